The van der Waals surface area contributed by atoms with E-state index in [1.165, 1.54) is 12.8 Å². The SMILES string of the molecule is CN=C(NCCN(CCOC)C1CC1)NCCn1cccc1. The van der Waals surface area contributed by atoms with Gasteiger partial charge in [-0.15, -0.1) is 0 Å². The van der Waals surface area contributed by atoms with Crippen molar-refractivity contribution in [1.82, 2.24) is 20.1 Å². The molecule has 0 saturated heterocycles. The monoisotopic (exact) mass is 307 g/mol. The number of aliphatic imine (C=N–C) groups is 1. The van der Waals surface area contributed by atoms with Crippen molar-refractivity contribution < 1.29 is 4.74 Å². The van der Waals surface area contributed by atoms with Crippen molar-refractivity contribution in [2.24, 2.45) is 4.99 Å². The quantitative estimate of drug-likeness (QED) is 0.495. The summed E-state index contributed by atoms with van der Waals surface area (Å²) >= 11 is 0. The van der Waals surface area contributed by atoms with E-state index in [0.29, 0.717) is 0 Å². The average molecular weight is 307 g/mol. The van der Waals surface area contributed by atoms with Crippen molar-refractivity contribution in [2.45, 2.75) is 25.4 Å². The molecule has 1 aromatic rings. The topological polar surface area (TPSA) is 53.8 Å². The summed E-state index contributed by atoms with van der Waals surface area (Å²) in [6.45, 7) is 5.57. The summed E-state index contributed by atoms with van der Waals surface area (Å²) in [5.41, 5.74) is 0. The molecule has 1 saturated carbocycles. The summed E-state index contributed by atoms with van der Waals surface area (Å²) < 4.78 is 7.34. The Morgan fingerprint density at radius 3 is 2.59 bits per heavy atom. The van der Waals surface area contributed by atoms with Crippen LogP contribution >= 0.6 is 0 Å². The molecule has 0 unspecified atom stereocenters. The molecule has 2 rings (SSSR count). The van der Waals surface area contributed by atoms with Crippen LogP contribution in [0.15, 0.2) is 29.5 Å². The van der Waals surface area contributed by atoms with Crippen molar-refractivity contribution in [3.63, 3.8) is 0 Å². The van der Waals surface area contributed by atoms with Gasteiger partial charge in [0, 0.05) is 65.3 Å². The van der Waals surface area contributed by atoms with Crippen molar-refractivity contribution in [3.8, 4) is 0 Å². The summed E-state index contributed by atoms with van der Waals surface area (Å²) in [5.74, 6) is 0.870. The van der Waals surface area contributed by atoms with Crippen LogP contribution in [0.1, 0.15) is 12.8 Å². The molecule has 0 atom stereocenters. The standard InChI is InChI=1S/C16H29N5O/c1-17-16(18-7-11-20-9-3-4-10-20)19-8-12-21(13-14-22-2)15-5-6-15/h3-4,9-10,15H,5-8,11-14H2,1-2H3,(H2,17,18,19). The van der Waals surface area contributed by atoms with Crippen LogP contribution in [0.2, 0.25) is 0 Å². The number of hydrogen-bond acceptors (Lipinski definition) is 3. The zero-order valence-corrected chi connectivity index (χ0v) is 13.8. The highest BCUT2D eigenvalue weighted by Gasteiger charge is 2.28. The predicted octanol–water partition coefficient (Wildman–Crippen LogP) is 0.764. The van der Waals surface area contributed by atoms with E-state index in [2.05, 4.69) is 37.5 Å². The minimum absolute atomic E-state index is 0.765. The Labute approximate surface area is 133 Å². The molecule has 22 heavy (non-hydrogen) atoms. The lowest BCUT2D eigenvalue weighted by atomic mass is 10.4. The second-order valence-corrected chi connectivity index (χ2v) is 5.61. The maximum Gasteiger partial charge on any atom is 0.191 e. The van der Waals surface area contributed by atoms with Crippen molar-refractivity contribution in [3.05, 3.63) is 24.5 Å². The zero-order valence-electron chi connectivity index (χ0n) is 13.8. The summed E-state index contributed by atoms with van der Waals surface area (Å²) in [6.07, 6.45) is 6.80. The first-order valence-electron chi connectivity index (χ1n) is 8.11. The van der Waals surface area contributed by atoms with Crippen LogP contribution in [0.25, 0.3) is 0 Å². The molecule has 6 nitrogen and oxygen atoms in total. The number of methoxy groups -OCH3 is 1. The van der Waals surface area contributed by atoms with Crippen LogP contribution in [0.3, 0.4) is 0 Å². The van der Waals surface area contributed by atoms with Gasteiger partial charge in [-0.2, -0.15) is 0 Å². The van der Waals surface area contributed by atoms with Gasteiger partial charge in [-0.05, 0) is 25.0 Å². The third-order valence-corrected chi connectivity index (χ3v) is 3.89. The highest BCUT2D eigenvalue weighted by atomic mass is 16.5. The Hall–Kier alpha value is -1.53. The molecule has 0 bridgehead atoms. The van der Waals surface area contributed by atoms with E-state index in [0.717, 1.165) is 51.3 Å². The van der Waals surface area contributed by atoms with Gasteiger partial charge in [0.1, 0.15) is 0 Å². The molecule has 1 aromatic heterocycles. The number of nitrogens with one attached hydrogen (secondary N) is 2. The Morgan fingerprint density at radius 1 is 1.23 bits per heavy atom. The normalized spacial score (nSPS) is 15.3. The molecule has 0 radical (unpaired) electrons. The lowest BCUT2D eigenvalue weighted by Crippen LogP contribution is -2.43. The third-order valence-electron chi connectivity index (χ3n) is 3.89. The molecule has 124 valence electrons. The Kier molecular flexibility index (Phi) is 7.25. The highest BCUT2D eigenvalue weighted by Crippen LogP contribution is 2.25. The summed E-state index contributed by atoms with van der Waals surface area (Å²) in [5, 5.41) is 6.73. The number of aromatic nitrogens is 1. The molecule has 6 heteroatoms. The van der Waals surface area contributed by atoms with Gasteiger partial charge in [0.15, 0.2) is 5.96 Å². The maximum absolute atomic E-state index is 5.19. The number of rotatable bonds is 10. The van der Waals surface area contributed by atoms with Crippen LogP contribution in [-0.4, -0.2) is 68.4 Å². The fourth-order valence-corrected chi connectivity index (χ4v) is 2.49. The molecule has 0 aromatic carbocycles. The van der Waals surface area contributed by atoms with Gasteiger partial charge in [0.05, 0.1) is 6.61 Å². The number of ether oxygens (including phenoxy) is 1. The van der Waals surface area contributed by atoms with Crippen LogP contribution in [0.5, 0.6) is 0 Å². The third kappa shape index (κ3) is 6.07. The smallest absolute Gasteiger partial charge is 0.191 e. The molecular weight excluding hydrogens is 278 g/mol. The molecule has 1 aliphatic rings. The van der Waals surface area contributed by atoms with Gasteiger partial charge in [0.25, 0.3) is 0 Å². The number of hydrogen-bond donors (Lipinski definition) is 2. The van der Waals surface area contributed by atoms with Crippen LogP contribution in [0.4, 0.5) is 0 Å². The average Bonchev–Trinajstić information content (AvgIpc) is 3.25. The maximum atomic E-state index is 5.19. The lowest BCUT2D eigenvalue weighted by molar-refractivity contribution is 0.144. The lowest BCUT2D eigenvalue weighted by Gasteiger charge is -2.22. The minimum atomic E-state index is 0.765. The van der Waals surface area contributed by atoms with Gasteiger partial charge in [-0.25, -0.2) is 0 Å². The molecule has 1 aliphatic carbocycles. The largest absolute Gasteiger partial charge is 0.383 e. The van der Waals surface area contributed by atoms with E-state index in [1.54, 1.807) is 7.11 Å². The fourth-order valence-electron chi connectivity index (χ4n) is 2.49. The van der Waals surface area contributed by atoms with Crippen LogP contribution < -0.4 is 10.6 Å². The first-order chi connectivity index (χ1) is 10.8. The highest BCUT2D eigenvalue weighted by molar-refractivity contribution is 5.79. The molecule has 2 N–H and O–H groups in total. The Balaban J connectivity index is 1.60. The van der Waals surface area contributed by atoms with Crippen LogP contribution in [0, 0.1) is 0 Å². The minimum Gasteiger partial charge on any atom is -0.383 e. The van der Waals surface area contributed by atoms with Gasteiger partial charge >= 0.3 is 0 Å². The first kappa shape index (κ1) is 16.8. The summed E-state index contributed by atoms with van der Waals surface area (Å²) in [4.78, 5) is 6.77. The van der Waals surface area contributed by atoms with Crippen LogP contribution in [-0.2, 0) is 11.3 Å². The predicted molar refractivity (Wildman–Crippen MR) is 90.3 cm³/mol. The van der Waals surface area contributed by atoms with E-state index >= 15 is 0 Å². The van der Waals surface area contributed by atoms with Crippen molar-refractivity contribution in [2.75, 3.05) is 46.9 Å². The molecule has 0 aliphatic heterocycles. The first-order valence-corrected chi connectivity index (χ1v) is 8.11. The van der Waals surface area contributed by atoms with E-state index in [4.69, 9.17) is 4.74 Å². The Bertz CT molecular complexity index is 428. The van der Waals surface area contributed by atoms with Gasteiger partial charge in [0.2, 0.25) is 0 Å². The summed E-state index contributed by atoms with van der Waals surface area (Å²) in [7, 11) is 3.58. The van der Waals surface area contributed by atoms with Crippen molar-refractivity contribution >= 4 is 5.96 Å². The fraction of sp³-hybridized carbons (Fsp3) is 0.688. The van der Waals surface area contributed by atoms with E-state index in [1.807, 2.05) is 19.2 Å². The molecule has 0 amide bonds. The molecular formula is C16H29N5O. The Morgan fingerprint density at radius 2 is 1.95 bits per heavy atom. The van der Waals surface area contributed by atoms with Gasteiger partial charge in [-0.3, -0.25) is 9.89 Å². The second kappa shape index (κ2) is 9.48. The molecule has 1 heterocycles. The number of nitrogens with zero attached hydrogens (tertiary/aromatic N) is 3. The zero-order chi connectivity index (χ0) is 15.6. The number of guanidine groups is 1. The van der Waals surface area contributed by atoms with Crippen molar-refractivity contribution in [1.29, 1.82) is 0 Å². The molecule has 0 spiro atoms. The van der Waals surface area contributed by atoms with E-state index in [9.17, 15) is 0 Å². The summed E-state index contributed by atoms with van der Waals surface area (Å²) in [6, 6.07) is 4.85. The second-order valence-electron chi connectivity index (χ2n) is 5.61. The molecule has 1 fully saturated rings. The van der Waals surface area contributed by atoms with Gasteiger partial charge < -0.3 is 19.9 Å². The van der Waals surface area contributed by atoms with E-state index < -0.39 is 0 Å². The van der Waals surface area contributed by atoms with Gasteiger partial charge in [-0.1, -0.05) is 0 Å². The van der Waals surface area contributed by atoms with E-state index in [-0.39, 0.29) is 0 Å².